The van der Waals surface area contributed by atoms with Crippen molar-refractivity contribution in [2.24, 2.45) is 5.16 Å². The van der Waals surface area contributed by atoms with E-state index in [1.807, 2.05) is 54.6 Å². The molecule has 3 heteroatoms. The summed E-state index contributed by atoms with van der Waals surface area (Å²) < 4.78 is 0. The Morgan fingerprint density at radius 2 is 1.72 bits per heavy atom. The fraction of sp³-hybridized carbons (Fsp3) is 0.133. The Labute approximate surface area is 111 Å². The maximum atomic E-state index is 5.87. The average molecular weight is 258 g/mol. The minimum absolute atomic E-state index is 0.00234. The minimum Gasteiger partial charge on any atom is -0.387 e. The van der Waals surface area contributed by atoms with Gasteiger partial charge in [0.1, 0.15) is 0 Å². The van der Waals surface area contributed by atoms with Crippen LogP contribution in [0.15, 0.2) is 59.8 Å². The van der Waals surface area contributed by atoms with Crippen molar-refractivity contribution >= 4 is 17.3 Å². The zero-order chi connectivity index (χ0) is 12.4. The highest BCUT2D eigenvalue weighted by Gasteiger charge is 2.23. The van der Waals surface area contributed by atoms with Crippen LogP contribution in [0.5, 0.6) is 0 Å². The van der Waals surface area contributed by atoms with E-state index < -0.39 is 0 Å². The molecule has 1 aliphatic rings. The van der Waals surface area contributed by atoms with E-state index in [4.69, 9.17) is 16.4 Å². The summed E-state index contributed by atoms with van der Waals surface area (Å²) in [5, 5.41) is 4.91. The van der Waals surface area contributed by atoms with Crippen LogP contribution in [-0.4, -0.2) is 5.71 Å². The quantitative estimate of drug-likeness (QED) is 0.790. The van der Waals surface area contributed by atoms with Crippen LogP contribution in [0.25, 0.3) is 0 Å². The van der Waals surface area contributed by atoms with E-state index in [1.165, 1.54) is 0 Å². The molecule has 0 aromatic heterocycles. The second-order valence-corrected chi connectivity index (χ2v) is 4.69. The van der Waals surface area contributed by atoms with E-state index in [1.54, 1.807) is 0 Å². The molecule has 0 amide bonds. The molecule has 0 saturated heterocycles. The van der Waals surface area contributed by atoms with Crippen LogP contribution in [-0.2, 0) is 4.84 Å². The molecule has 18 heavy (non-hydrogen) atoms. The number of nitrogens with zero attached hydrogens (tertiary/aromatic N) is 1. The second kappa shape index (κ2) is 4.83. The topological polar surface area (TPSA) is 21.6 Å². The van der Waals surface area contributed by atoms with Gasteiger partial charge in [0.05, 0.1) is 5.71 Å². The third-order valence-corrected chi connectivity index (χ3v) is 3.27. The first kappa shape index (κ1) is 11.3. The third-order valence-electron chi connectivity index (χ3n) is 3.02. The van der Waals surface area contributed by atoms with E-state index in [-0.39, 0.29) is 6.10 Å². The Morgan fingerprint density at radius 1 is 1.00 bits per heavy atom. The van der Waals surface area contributed by atoms with Crippen LogP contribution < -0.4 is 0 Å². The van der Waals surface area contributed by atoms with Gasteiger partial charge in [0, 0.05) is 11.4 Å². The maximum absolute atomic E-state index is 5.87. The highest BCUT2D eigenvalue weighted by atomic mass is 35.5. The van der Waals surface area contributed by atoms with Gasteiger partial charge in [0.25, 0.3) is 0 Å². The fourth-order valence-corrected chi connectivity index (χ4v) is 2.16. The molecule has 2 aromatic carbocycles. The molecule has 3 rings (SSSR count). The van der Waals surface area contributed by atoms with Gasteiger partial charge in [0.15, 0.2) is 6.10 Å². The van der Waals surface area contributed by atoms with Crippen molar-refractivity contribution in [3.05, 3.63) is 70.7 Å². The predicted molar refractivity (Wildman–Crippen MR) is 72.9 cm³/mol. The van der Waals surface area contributed by atoms with Crippen LogP contribution >= 0.6 is 11.6 Å². The van der Waals surface area contributed by atoms with Gasteiger partial charge in [0.2, 0.25) is 0 Å². The van der Waals surface area contributed by atoms with Crippen LogP contribution in [0.1, 0.15) is 23.7 Å². The lowest BCUT2D eigenvalue weighted by Crippen LogP contribution is -2.01. The number of hydrogen-bond donors (Lipinski definition) is 0. The molecule has 1 unspecified atom stereocenters. The van der Waals surface area contributed by atoms with Gasteiger partial charge in [-0.3, -0.25) is 0 Å². The van der Waals surface area contributed by atoms with Crippen molar-refractivity contribution in [3.8, 4) is 0 Å². The lowest BCUT2D eigenvalue weighted by atomic mass is 10.0. The van der Waals surface area contributed by atoms with Gasteiger partial charge in [-0.2, -0.15) is 0 Å². The van der Waals surface area contributed by atoms with Gasteiger partial charge >= 0.3 is 0 Å². The molecular weight excluding hydrogens is 246 g/mol. The number of hydrogen-bond acceptors (Lipinski definition) is 2. The summed E-state index contributed by atoms with van der Waals surface area (Å²) in [6.45, 7) is 0. The Bertz CT molecular complexity index is 563. The van der Waals surface area contributed by atoms with Crippen molar-refractivity contribution in [2.75, 3.05) is 0 Å². The van der Waals surface area contributed by atoms with Crippen LogP contribution in [0, 0.1) is 0 Å². The largest absolute Gasteiger partial charge is 0.387 e. The van der Waals surface area contributed by atoms with E-state index in [2.05, 4.69) is 5.16 Å². The van der Waals surface area contributed by atoms with Gasteiger partial charge in [-0.05, 0) is 23.3 Å². The van der Waals surface area contributed by atoms with Crippen molar-refractivity contribution in [2.45, 2.75) is 12.5 Å². The Morgan fingerprint density at radius 3 is 2.44 bits per heavy atom. The smallest absolute Gasteiger partial charge is 0.158 e. The van der Waals surface area contributed by atoms with Crippen LogP contribution in [0.4, 0.5) is 0 Å². The lowest BCUT2D eigenvalue weighted by Gasteiger charge is -2.07. The molecule has 0 fully saturated rings. The summed E-state index contributed by atoms with van der Waals surface area (Å²) in [4.78, 5) is 5.49. The van der Waals surface area contributed by atoms with Gasteiger partial charge in [-0.15, -0.1) is 0 Å². The molecule has 2 aromatic rings. The number of rotatable bonds is 2. The molecule has 1 heterocycles. The minimum atomic E-state index is -0.00234. The first-order chi connectivity index (χ1) is 8.83. The summed E-state index contributed by atoms with van der Waals surface area (Å²) in [6.07, 6.45) is 0.795. The van der Waals surface area contributed by atoms with E-state index >= 15 is 0 Å². The monoisotopic (exact) mass is 257 g/mol. The normalized spacial score (nSPS) is 18.3. The Hall–Kier alpha value is -1.80. The van der Waals surface area contributed by atoms with Gasteiger partial charge in [-0.25, -0.2) is 0 Å². The Balaban J connectivity index is 1.76. The summed E-state index contributed by atoms with van der Waals surface area (Å²) >= 11 is 5.87. The molecule has 1 atom stereocenters. The first-order valence-corrected chi connectivity index (χ1v) is 6.24. The zero-order valence-corrected chi connectivity index (χ0v) is 10.5. The van der Waals surface area contributed by atoms with Gasteiger partial charge in [-0.1, -0.05) is 59.2 Å². The molecule has 2 nitrogen and oxygen atoms in total. The van der Waals surface area contributed by atoms with Crippen molar-refractivity contribution < 1.29 is 4.84 Å². The summed E-state index contributed by atoms with van der Waals surface area (Å²) in [7, 11) is 0. The van der Waals surface area contributed by atoms with E-state index in [0.717, 1.165) is 28.3 Å². The van der Waals surface area contributed by atoms with E-state index in [9.17, 15) is 0 Å². The van der Waals surface area contributed by atoms with Crippen LogP contribution in [0.2, 0.25) is 5.02 Å². The lowest BCUT2D eigenvalue weighted by molar-refractivity contribution is 0.0857. The van der Waals surface area contributed by atoms with Crippen molar-refractivity contribution in [1.82, 2.24) is 0 Å². The first-order valence-electron chi connectivity index (χ1n) is 5.86. The summed E-state index contributed by atoms with van der Waals surface area (Å²) in [5.41, 5.74) is 3.22. The highest BCUT2D eigenvalue weighted by molar-refractivity contribution is 6.30. The Kier molecular flexibility index (Phi) is 3.03. The van der Waals surface area contributed by atoms with Crippen molar-refractivity contribution in [3.63, 3.8) is 0 Å². The van der Waals surface area contributed by atoms with Gasteiger partial charge < -0.3 is 4.84 Å². The molecule has 0 saturated carbocycles. The standard InChI is InChI=1S/C15H12ClNO/c16-13-8-6-12(7-9-13)15-10-14(17-18-15)11-4-2-1-3-5-11/h1-9,15H,10H2. The summed E-state index contributed by atoms with van der Waals surface area (Å²) in [5.74, 6) is 0. The number of benzene rings is 2. The SMILES string of the molecule is Clc1ccc(C2CC(c3ccccc3)=NO2)cc1. The molecule has 0 N–H and O–H groups in total. The molecule has 1 aliphatic heterocycles. The average Bonchev–Trinajstić information content (AvgIpc) is 2.90. The maximum Gasteiger partial charge on any atom is 0.158 e. The molecule has 0 radical (unpaired) electrons. The van der Waals surface area contributed by atoms with E-state index in [0.29, 0.717) is 0 Å². The van der Waals surface area contributed by atoms with Crippen molar-refractivity contribution in [1.29, 1.82) is 0 Å². The molecule has 0 aliphatic carbocycles. The number of halogens is 1. The molecule has 90 valence electrons. The molecule has 0 bridgehead atoms. The van der Waals surface area contributed by atoms with Crippen LogP contribution in [0.3, 0.4) is 0 Å². The fourth-order valence-electron chi connectivity index (χ4n) is 2.03. The number of oxime groups is 1. The predicted octanol–water partition coefficient (Wildman–Crippen LogP) is 4.21. The third kappa shape index (κ3) is 2.24. The summed E-state index contributed by atoms with van der Waals surface area (Å²) in [6, 6.07) is 17.8. The second-order valence-electron chi connectivity index (χ2n) is 4.25. The zero-order valence-electron chi connectivity index (χ0n) is 9.71. The molecule has 0 spiro atoms. The molecular formula is C15H12ClNO. The highest BCUT2D eigenvalue weighted by Crippen LogP contribution is 2.29.